The van der Waals surface area contributed by atoms with Gasteiger partial charge in [0.1, 0.15) is 0 Å². The van der Waals surface area contributed by atoms with E-state index in [0.29, 0.717) is 12.0 Å². The quantitative estimate of drug-likeness (QED) is 0.732. The van der Waals surface area contributed by atoms with Crippen molar-refractivity contribution in [3.05, 3.63) is 72.3 Å². The van der Waals surface area contributed by atoms with Crippen molar-refractivity contribution in [2.75, 3.05) is 36.4 Å². The molecule has 29 heavy (non-hydrogen) atoms. The zero-order valence-electron chi connectivity index (χ0n) is 16.6. The minimum atomic E-state index is -0.110. The van der Waals surface area contributed by atoms with Crippen LogP contribution in [-0.2, 0) is 4.79 Å². The highest BCUT2D eigenvalue weighted by atomic mass is 16.2. The number of benzene rings is 3. The van der Waals surface area contributed by atoms with Gasteiger partial charge in [0, 0.05) is 49.5 Å². The second-order valence-electron chi connectivity index (χ2n) is 7.25. The molecule has 2 amide bonds. The van der Waals surface area contributed by atoms with Crippen LogP contribution < -0.4 is 10.2 Å². The number of piperazine rings is 1. The number of anilines is 2. The highest BCUT2D eigenvalue weighted by Gasteiger charge is 2.20. The molecule has 148 valence electrons. The van der Waals surface area contributed by atoms with E-state index in [1.807, 2.05) is 78.6 Å². The Bertz CT molecular complexity index is 1020. The number of amides is 2. The van der Waals surface area contributed by atoms with Gasteiger partial charge in [-0.15, -0.1) is 0 Å². The summed E-state index contributed by atoms with van der Waals surface area (Å²) in [5, 5.41) is 5.00. The van der Waals surface area contributed by atoms with Crippen LogP contribution in [0.1, 0.15) is 23.7 Å². The molecule has 3 aromatic carbocycles. The van der Waals surface area contributed by atoms with Crippen molar-refractivity contribution in [2.45, 2.75) is 13.3 Å². The molecule has 0 unspecified atom stereocenters. The number of hydrogen-bond donors (Lipinski definition) is 1. The summed E-state index contributed by atoms with van der Waals surface area (Å²) >= 11 is 0. The molecule has 5 heteroatoms. The van der Waals surface area contributed by atoms with Crippen molar-refractivity contribution >= 4 is 34.0 Å². The number of rotatable bonds is 4. The molecule has 0 aliphatic carbocycles. The molecule has 4 rings (SSSR count). The Balaban J connectivity index is 1.42. The maximum absolute atomic E-state index is 12.8. The minimum absolute atomic E-state index is 0.110. The summed E-state index contributed by atoms with van der Waals surface area (Å²) in [6.45, 7) is 5.07. The molecule has 1 heterocycles. The summed E-state index contributed by atoms with van der Waals surface area (Å²) in [5.41, 5.74) is 2.55. The average molecular weight is 387 g/mol. The van der Waals surface area contributed by atoms with Gasteiger partial charge in [-0.25, -0.2) is 0 Å². The molecule has 5 nitrogen and oxygen atoms in total. The number of carbonyl (C=O) groups excluding carboxylic acids is 2. The van der Waals surface area contributed by atoms with E-state index < -0.39 is 0 Å². The third kappa shape index (κ3) is 4.09. The molecule has 0 radical (unpaired) electrons. The summed E-state index contributed by atoms with van der Waals surface area (Å²) < 4.78 is 0. The van der Waals surface area contributed by atoms with E-state index in [2.05, 4.69) is 10.2 Å². The van der Waals surface area contributed by atoms with Crippen LogP contribution in [0, 0.1) is 0 Å². The third-order valence-electron chi connectivity index (χ3n) is 5.46. The topological polar surface area (TPSA) is 52.7 Å². The van der Waals surface area contributed by atoms with Crippen molar-refractivity contribution in [1.82, 2.24) is 4.90 Å². The van der Waals surface area contributed by atoms with Gasteiger partial charge in [0.25, 0.3) is 5.91 Å². The highest BCUT2D eigenvalue weighted by molar-refractivity contribution is 6.12. The number of nitrogens with zero attached hydrogens (tertiary/aromatic N) is 2. The van der Waals surface area contributed by atoms with Gasteiger partial charge in [-0.05, 0) is 41.1 Å². The predicted octanol–water partition coefficient (Wildman–Crippen LogP) is 4.15. The van der Waals surface area contributed by atoms with E-state index in [-0.39, 0.29) is 11.8 Å². The number of carbonyl (C=O) groups is 2. The fourth-order valence-electron chi connectivity index (χ4n) is 3.82. The average Bonchev–Trinajstić information content (AvgIpc) is 2.78. The second-order valence-corrected chi connectivity index (χ2v) is 7.25. The van der Waals surface area contributed by atoms with Crippen LogP contribution in [-0.4, -0.2) is 42.9 Å². The molecule has 1 saturated heterocycles. The van der Waals surface area contributed by atoms with Crippen LogP contribution in [0.3, 0.4) is 0 Å². The molecule has 0 spiro atoms. The first-order valence-electron chi connectivity index (χ1n) is 10.1. The SMILES string of the molecule is CCC(=O)N1CCN(c2ccc(NC(=O)c3cccc4ccccc34)cc2)CC1. The highest BCUT2D eigenvalue weighted by Crippen LogP contribution is 2.22. The molecular formula is C24H25N3O2. The molecule has 1 aliphatic heterocycles. The normalized spacial score (nSPS) is 14.1. The Morgan fingerprint density at radius 3 is 2.28 bits per heavy atom. The van der Waals surface area contributed by atoms with Gasteiger partial charge in [0.15, 0.2) is 0 Å². The zero-order valence-corrected chi connectivity index (χ0v) is 16.6. The molecule has 0 saturated carbocycles. The number of hydrogen-bond acceptors (Lipinski definition) is 3. The van der Waals surface area contributed by atoms with Gasteiger partial charge >= 0.3 is 0 Å². The van der Waals surface area contributed by atoms with Crippen LogP contribution >= 0.6 is 0 Å². The van der Waals surface area contributed by atoms with Gasteiger partial charge in [-0.1, -0.05) is 43.3 Å². The largest absolute Gasteiger partial charge is 0.368 e. The monoisotopic (exact) mass is 387 g/mol. The lowest BCUT2D eigenvalue weighted by atomic mass is 10.0. The molecule has 1 aliphatic rings. The van der Waals surface area contributed by atoms with Crippen LogP contribution in [0.5, 0.6) is 0 Å². The van der Waals surface area contributed by atoms with E-state index in [9.17, 15) is 9.59 Å². The van der Waals surface area contributed by atoms with Crippen LogP contribution in [0.25, 0.3) is 10.8 Å². The number of fused-ring (bicyclic) bond motifs is 1. The van der Waals surface area contributed by atoms with Crippen LogP contribution in [0.2, 0.25) is 0 Å². The lowest BCUT2D eigenvalue weighted by Crippen LogP contribution is -2.48. The predicted molar refractivity (Wildman–Crippen MR) is 117 cm³/mol. The van der Waals surface area contributed by atoms with Crippen molar-refractivity contribution in [1.29, 1.82) is 0 Å². The van der Waals surface area contributed by atoms with Crippen LogP contribution in [0.4, 0.5) is 11.4 Å². The summed E-state index contributed by atoms with van der Waals surface area (Å²) in [4.78, 5) is 28.8. The molecular weight excluding hydrogens is 362 g/mol. The lowest BCUT2D eigenvalue weighted by Gasteiger charge is -2.36. The molecule has 0 bridgehead atoms. The van der Waals surface area contributed by atoms with E-state index >= 15 is 0 Å². The molecule has 0 aromatic heterocycles. The van der Waals surface area contributed by atoms with E-state index in [1.54, 1.807) is 0 Å². The number of nitrogens with one attached hydrogen (secondary N) is 1. The first kappa shape index (κ1) is 19.0. The van der Waals surface area contributed by atoms with Gasteiger partial charge in [-0.3, -0.25) is 9.59 Å². The van der Waals surface area contributed by atoms with Crippen molar-refractivity contribution < 1.29 is 9.59 Å². The maximum atomic E-state index is 12.8. The first-order chi connectivity index (χ1) is 14.2. The maximum Gasteiger partial charge on any atom is 0.256 e. The summed E-state index contributed by atoms with van der Waals surface area (Å²) in [6, 6.07) is 21.6. The van der Waals surface area contributed by atoms with Crippen LogP contribution in [0.15, 0.2) is 66.7 Å². The Morgan fingerprint density at radius 2 is 1.55 bits per heavy atom. The Morgan fingerprint density at radius 1 is 0.862 bits per heavy atom. The molecule has 1 N–H and O–H groups in total. The van der Waals surface area contributed by atoms with Gasteiger partial charge in [-0.2, -0.15) is 0 Å². The fourth-order valence-corrected chi connectivity index (χ4v) is 3.82. The minimum Gasteiger partial charge on any atom is -0.368 e. The van der Waals surface area contributed by atoms with Gasteiger partial charge in [0.2, 0.25) is 5.91 Å². The smallest absolute Gasteiger partial charge is 0.256 e. The molecule has 3 aromatic rings. The van der Waals surface area contributed by atoms with Crippen molar-refractivity contribution in [2.24, 2.45) is 0 Å². The standard InChI is InChI=1S/C24H25N3O2/c1-2-23(28)27-16-14-26(15-17-27)20-12-10-19(11-13-20)25-24(29)22-9-5-7-18-6-3-4-8-21(18)22/h3-13H,2,14-17H2,1H3,(H,25,29). The van der Waals surface area contributed by atoms with E-state index in [4.69, 9.17) is 0 Å². The Hall–Kier alpha value is -3.34. The summed E-state index contributed by atoms with van der Waals surface area (Å²) in [7, 11) is 0. The Kier molecular flexibility index (Phi) is 5.47. The Labute approximate surface area is 170 Å². The van der Waals surface area contributed by atoms with Crippen molar-refractivity contribution in [3.63, 3.8) is 0 Å². The summed E-state index contributed by atoms with van der Waals surface area (Å²) in [6.07, 6.45) is 0.561. The molecule has 0 atom stereocenters. The van der Waals surface area contributed by atoms with Gasteiger partial charge < -0.3 is 15.1 Å². The van der Waals surface area contributed by atoms with Crippen molar-refractivity contribution in [3.8, 4) is 0 Å². The fraction of sp³-hybridized carbons (Fsp3) is 0.250. The lowest BCUT2D eigenvalue weighted by molar-refractivity contribution is -0.131. The van der Waals surface area contributed by atoms with E-state index in [1.165, 1.54) is 0 Å². The molecule has 1 fully saturated rings. The zero-order chi connectivity index (χ0) is 20.2. The summed E-state index contributed by atoms with van der Waals surface area (Å²) in [5.74, 6) is 0.109. The first-order valence-corrected chi connectivity index (χ1v) is 10.1. The van der Waals surface area contributed by atoms with Gasteiger partial charge in [0.05, 0.1) is 0 Å². The second kappa shape index (κ2) is 8.35. The third-order valence-corrected chi connectivity index (χ3v) is 5.46. The van der Waals surface area contributed by atoms with E-state index in [0.717, 1.165) is 48.3 Å².